The molecule has 0 fully saturated rings. The summed E-state index contributed by atoms with van der Waals surface area (Å²) in [5.74, 6) is 0.862. The fourth-order valence-electron chi connectivity index (χ4n) is 1.69. The van der Waals surface area contributed by atoms with E-state index in [0.717, 1.165) is 23.9 Å². The van der Waals surface area contributed by atoms with Gasteiger partial charge in [-0.15, -0.1) is 11.3 Å². The maximum atomic E-state index is 11.5. The van der Waals surface area contributed by atoms with Crippen LogP contribution in [0.4, 0.5) is 0 Å². The zero-order valence-electron chi connectivity index (χ0n) is 13.9. The molecule has 0 spiro atoms. The van der Waals surface area contributed by atoms with Crippen molar-refractivity contribution in [1.82, 2.24) is 20.9 Å². The van der Waals surface area contributed by atoms with E-state index in [2.05, 4.69) is 32.9 Å². The van der Waals surface area contributed by atoms with Crippen LogP contribution >= 0.6 is 11.3 Å². The van der Waals surface area contributed by atoms with Crippen molar-refractivity contribution in [2.45, 2.75) is 34.1 Å². The average Bonchev–Trinajstić information content (AvgIpc) is 2.88. The van der Waals surface area contributed by atoms with Gasteiger partial charge >= 0.3 is 0 Å². The van der Waals surface area contributed by atoms with Crippen LogP contribution in [0.15, 0.2) is 11.2 Å². The molecule has 0 saturated carbocycles. The van der Waals surface area contributed by atoms with Gasteiger partial charge in [-0.25, -0.2) is 4.98 Å². The van der Waals surface area contributed by atoms with E-state index in [-0.39, 0.29) is 11.8 Å². The van der Waals surface area contributed by atoms with Crippen molar-refractivity contribution in [2.75, 3.05) is 26.2 Å². The number of aryl methyl sites for hydroxylation is 1. The first-order chi connectivity index (χ1) is 10.5. The third-order valence-corrected chi connectivity index (χ3v) is 3.82. The van der Waals surface area contributed by atoms with Crippen LogP contribution in [-0.4, -0.2) is 43.0 Å². The Morgan fingerprint density at radius 2 is 2.05 bits per heavy atom. The second-order valence-electron chi connectivity index (χ2n) is 5.25. The zero-order chi connectivity index (χ0) is 16.4. The van der Waals surface area contributed by atoms with E-state index < -0.39 is 0 Å². The van der Waals surface area contributed by atoms with E-state index in [9.17, 15) is 4.79 Å². The molecule has 6 nitrogen and oxygen atoms in total. The Balaban J connectivity index is 2.31. The van der Waals surface area contributed by atoms with Gasteiger partial charge in [-0.2, -0.15) is 0 Å². The van der Waals surface area contributed by atoms with Gasteiger partial charge in [0, 0.05) is 49.6 Å². The Morgan fingerprint density at radius 3 is 2.64 bits per heavy atom. The van der Waals surface area contributed by atoms with Crippen molar-refractivity contribution >= 4 is 23.2 Å². The van der Waals surface area contributed by atoms with Crippen molar-refractivity contribution < 1.29 is 4.79 Å². The lowest BCUT2D eigenvalue weighted by Crippen LogP contribution is -2.42. The third kappa shape index (κ3) is 7.40. The minimum Gasteiger partial charge on any atom is -0.357 e. The van der Waals surface area contributed by atoms with Crippen molar-refractivity contribution in [1.29, 1.82) is 0 Å². The van der Waals surface area contributed by atoms with Crippen molar-refractivity contribution in [3.05, 3.63) is 16.1 Å². The number of amides is 1. The van der Waals surface area contributed by atoms with Gasteiger partial charge in [0.05, 0.1) is 5.01 Å². The van der Waals surface area contributed by atoms with Crippen LogP contribution in [0.2, 0.25) is 0 Å². The van der Waals surface area contributed by atoms with Crippen LogP contribution in [0.25, 0.3) is 0 Å². The smallest absolute Gasteiger partial charge is 0.222 e. The summed E-state index contributed by atoms with van der Waals surface area (Å²) in [6.45, 7) is 10.6. The highest BCUT2D eigenvalue weighted by Gasteiger charge is 2.05. The molecule has 0 aromatic carbocycles. The van der Waals surface area contributed by atoms with E-state index in [1.165, 1.54) is 4.88 Å². The van der Waals surface area contributed by atoms with Crippen molar-refractivity contribution in [2.24, 2.45) is 10.9 Å². The monoisotopic (exact) mass is 325 g/mol. The topological polar surface area (TPSA) is 78.4 Å². The lowest BCUT2D eigenvalue weighted by atomic mass is 10.2. The summed E-state index contributed by atoms with van der Waals surface area (Å²) < 4.78 is 0. The van der Waals surface area contributed by atoms with Gasteiger partial charge < -0.3 is 16.0 Å². The summed E-state index contributed by atoms with van der Waals surface area (Å²) in [6, 6.07) is 0. The number of thiazole rings is 1. The Kier molecular flexibility index (Phi) is 8.50. The van der Waals surface area contributed by atoms with Gasteiger partial charge in [-0.1, -0.05) is 13.8 Å². The van der Waals surface area contributed by atoms with Gasteiger partial charge in [-0.3, -0.25) is 9.79 Å². The molecule has 0 unspecified atom stereocenters. The number of carbonyl (C=O) groups is 1. The molecule has 0 aliphatic heterocycles. The fraction of sp³-hybridized carbons (Fsp3) is 0.667. The number of aliphatic imine (C=N–C) groups is 1. The molecule has 7 heteroatoms. The van der Waals surface area contributed by atoms with E-state index in [1.54, 1.807) is 11.3 Å². The number of nitrogens with zero attached hydrogens (tertiary/aromatic N) is 2. The lowest BCUT2D eigenvalue weighted by molar-refractivity contribution is -0.123. The van der Waals surface area contributed by atoms with Gasteiger partial charge in [0.2, 0.25) is 5.91 Å². The van der Waals surface area contributed by atoms with Crippen LogP contribution in [0, 0.1) is 12.8 Å². The molecule has 0 radical (unpaired) electrons. The SMILES string of the molecule is CCNC(=NCCc1ncc(C)s1)NCCNC(=O)C(C)C. The van der Waals surface area contributed by atoms with Crippen LogP contribution in [0.3, 0.4) is 0 Å². The largest absolute Gasteiger partial charge is 0.357 e. The summed E-state index contributed by atoms with van der Waals surface area (Å²) in [7, 11) is 0. The number of aromatic nitrogens is 1. The van der Waals surface area contributed by atoms with E-state index in [4.69, 9.17) is 0 Å². The second kappa shape index (κ2) is 10.2. The molecule has 124 valence electrons. The second-order valence-corrected chi connectivity index (χ2v) is 6.57. The highest BCUT2D eigenvalue weighted by Crippen LogP contribution is 2.11. The molecule has 22 heavy (non-hydrogen) atoms. The Bertz CT molecular complexity index is 484. The highest BCUT2D eigenvalue weighted by molar-refractivity contribution is 7.11. The van der Waals surface area contributed by atoms with Crippen LogP contribution in [0.5, 0.6) is 0 Å². The first kappa shape index (κ1) is 18.4. The highest BCUT2D eigenvalue weighted by atomic mass is 32.1. The number of guanidine groups is 1. The average molecular weight is 325 g/mol. The summed E-state index contributed by atoms with van der Waals surface area (Å²) in [5, 5.41) is 10.4. The molecular formula is C15H27N5OS. The number of rotatable bonds is 8. The zero-order valence-corrected chi connectivity index (χ0v) is 14.7. The predicted molar refractivity (Wildman–Crippen MR) is 92.4 cm³/mol. The molecule has 1 aromatic heterocycles. The Morgan fingerprint density at radius 1 is 1.32 bits per heavy atom. The van der Waals surface area contributed by atoms with E-state index >= 15 is 0 Å². The van der Waals surface area contributed by atoms with E-state index in [0.29, 0.717) is 19.6 Å². The molecule has 1 aromatic rings. The molecule has 1 rings (SSSR count). The van der Waals surface area contributed by atoms with Gasteiger partial charge in [0.1, 0.15) is 0 Å². The molecule has 1 heterocycles. The first-order valence-corrected chi connectivity index (χ1v) is 8.55. The lowest BCUT2D eigenvalue weighted by Gasteiger charge is -2.12. The quantitative estimate of drug-likeness (QED) is 0.383. The molecule has 3 N–H and O–H groups in total. The standard InChI is InChI=1S/C15H27N5OS/c1-5-16-15(19-9-8-17-14(21)11(2)3)18-7-6-13-20-10-12(4)22-13/h10-11H,5-9H2,1-4H3,(H,17,21)(H2,16,18,19). The summed E-state index contributed by atoms with van der Waals surface area (Å²) >= 11 is 1.71. The molecule has 0 saturated heterocycles. The molecule has 0 bridgehead atoms. The molecular weight excluding hydrogens is 298 g/mol. The van der Waals surface area contributed by atoms with Crippen LogP contribution in [0.1, 0.15) is 30.7 Å². The maximum absolute atomic E-state index is 11.5. The molecule has 0 aliphatic rings. The fourth-order valence-corrected chi connectivity index (χ4v) is 2.47. The number of carbonyl (C=O) groups excluding carboxylic acids is 1. The Hall–Kier alpha value is -1.63. The van der Waals surface area contributed by atoms with Crippen LogP contribution in [-0.2, 0) is 11.2 Å². The van der Waals surface area contributed by atoms with Crippen molar-refractivity contribution in [3.8, 4) is 0 Å². The minimum absolute atomic E-state index is 0.0173. The van der Waals surface area contributed by atoms with Gasteiger partial charge in [0.25, 0.3) is 0 Å². The summed E-state index contributed by atoms with van der Waals surface area (Å²) in [5.41, 5.74) is 0. The van der Waals surface area contributed by atoms with Gasteiger partial charge in [0.15, 0.2) is 5.96 Å². The van der Waals surface area contributed by atoms with E-state index in [1.807, 2.05) is 27.0 Å². The minimum atomic E-state index is 0.0173. The van der Waals surface area contributed by atoms with Crippen LogP contribution < -0.4 is 16.0 Å². The number of hydrogen-bond donors (Lipinski definition) is 3. The Labute approximate surface area is 136 Å². The first-order valence-electron chi connectivity index (χ1n) is 7.74. The molecule has 0 atom stereocenters. The molecule has 0 aliphatic carbocycles. The third-order valence-electron chi connectivity index (χ3n) is 2.85. The maximum Gasteiger partial charge on any atom is 0.222 e. The summed E-state index contributed by atoms with van der Waals surface area (Å²) in [4.78, 5) is 21.5. The normalized spacial score (nSPS) is 11.6. The molecule has 1 amide bonds. The number of nitrogens with one attached hydrogen (secondary N) is 3. The van der Waals surface area contributed by atoms with Gasteiger partial charge in [-0.05, 0) is 13.8 Å². The summed E-state index contributed by atoms with van der Waals surface area (Å²) in [6.07, 6.45) is 2.74. The predicted octanol–water partition coefficient (Wildman–Crippen LogP) is 1.32. The van der Waals surface area contributed by atoms with Crippen molar-refractivity contribution in [3.63, 3.8) is 0 Å². The number of hydrogen-bond acceptors (Lipinski definition) is 4.